The molecule has 4 heteroatoms. The first-order chi connectivity index (χ1) is 5.29. The Morgan fingerprint density at radius 1 is 1.55 bits per heavy atom. The molecule has 0 bridgehead atoms. The standard InChI is InChI=1S/C7H5ClN2S/c8-5-3-11-6-4(5)1-2-10-7(6)9/h1-3H,(H2,9,10). The SMILES string of the molecule is Nc1nccc2c(Cl)csc12. The van der Waals surface area contributed by atoms with Crippen molar-refractivity contribution in [3.63, 3.8) is 0 Å². The second-order valence-electron chi connectivity index (χ2n) is 2.16. The zero-order chi connectivity index (χ0) is 7.84. The van der Waals surface area contributed by atoms with Gasteiger partial charge in [0.15, 0.2) is 0 Å². The van der Waals surface area contributed by atoms with Crippen LogP contribution < -0.4 is 5.73 Å². The number of rotatable bonds is 0. The molecular formula is C7H5ClN2S. The van der Waals surface area contributed by atoms with Crippen LogP contribution in [0, 0.1) is 0 Å². The monoisotopic (exact) mass is 184 g/mol. The molecule has 2 nitrogen and oxygen atoms in total. The van der Waals surface area contributed by atoms with Crippen LogP contribution in [-0.2, 0) is 0 Å². The number of anilines is 1. The van der Waals surface area contributed by atoms with Crippen LogP contribution in [0.15, 0.2) is 17.6 Å². The summed E-state index contributed by atoms with van der Waals surface area (Å²) in [6, 6.07) is 1.87. The van der Waals surface area contributed by atoms with Crippen LogP contribution in [0.5, 0.6) is 0 Å². The third-order valence-electron chi connectivity index (χ3n) is 1.47. The lowest BCUT2D eigenvalue weighted by atomic mass is 10.3. The number of nitrogen functional groups attached to an aromatic ring is 1. The van der Waals surface area contributed by atoms with Crippen molar-refractivity contribution in [1.82, 2.24) is 4.98 Å². The molecule has 0 amide bonds. The number of hydrogen-bond acceptors (Lipinski definition) is 3. The van der Waals surface area contributed by atoms with Crippen LogP contribution >= 0.6 is 22.9 Å². The minimum atomic E-state index is 0.555. The maximum Gasteiger partial charge on any atom is 0.141 e. The molecule has 2 heterocycles. The third-order valence-corrected chi connectivity index (χ3v) is 2.93. The topological polar surface area (TPSA) is 38.9 Å². The molecule has 2 N–H and O–H groups in total. The van der Waals surface area contributed by atoms with Gasteiger partial charge in [-0.1, -0.05) is 11.6 Å². The van der Waals surface area contributed by atoms with Crippen LogP contribution in [0.2, 0.25) is 5.02 Å². The molecule has 2 aromatic heterocycles. The Hall–Kier alpha value is -0.800. The van der Waals surface area contributed by atoms with Crippen molar-refractivity contribution in [2.75, 3.05) is 5.73 Å². The molecule has 0 saturated heterocycles. The minimum Gasteiger partial charge on any atom is -0.383 e. The van der Waals surface area contributed by atoms with Crippen molar-refractivity contribution in [2.45, 2.75) is 0 Å². The van der Waals surface area contributed by atoms with Crippen molar-refractivity contribution >= 4 is 38.8 Å². The molecule has 2 rings (SSSR count). The summed E-state index contributed by atoms with van der Waals surface area (Å²) in [5.41, 5.74) is 5.61. The Labute approximate surface area is 72.6 Å². The summed E-state index contributed by atoms with van der Waals surface area (Å²) in [5, 5.41) is 3.60. The average molecular weight is 185 g/mol. The average Bonchev–Trinajstić information content (AvgIpc) is 2.35. The zero-order valence-corrected chi connectivity index (χ0v) is 7.12. The van der Waals surface area contributed by atoms with Gasteiger partial charge >= 0.3 is 0 Å². The van der Waals surface area contributed by atoms with Crippen molar-refractivity contribution in [1.29, 1.82) is 0 Å². The fourth-order valence-corrected chi connectivity index (χ4v) is 2.12. The molecule has 0 spiro atoms. The van der Waals surface area contributed by atoms with E-state index in [2.05, 4.69) is 4.98 Å². The summed E-state index contributed by atoms with van der Waals surface area (Å²) in [6.45, 7) is 0. The van der Waals surface area contributed by atoms with Gasteiger partial charge in [0.1, 0.15) is 5.82 Å². The van der Waals surface area contributed by atoms with Crippen molar-refractivity contribution in [3.05, 3.63) is 22.7 Å². The molecule has 11 heavy (non-hydrogen) atoms. The Kier molecular flexibility index (Phi) is 1.47. The molecule has 0 aromatic carbocycles. The molecule has 56 valence electrons. The summed E-state index contributed by atoms with van der Waals surface area (Å²) < 4.78 is 0.970. The fourth-order valence-electron chi connectivity index (χ4n) is 0.950. The summed E-state index contributed by atoms with van der Waals surface area (Å²) in [4.78, 5) is 3.95. The molecule has 0 aliphatic heterocycles. The highest BCUT2D eigenvalue weighted by Gasteiger charge is 2.03. The number of pyridine rings is 1. The van der Waals surface area contributed by atoms with Crippen molar-refractivity contribution < 1.29 is 0 Å². The largest absolute Gasteiger partial charge is 0.383 e. The highest BCUT2D eigenvalue weighted by atomic mass is 35.5. The van der Waals surface area contributed by atoms with E-state index in [4.69, 9.17) is 17.3 Å². The summed E-state index contributed by atoms with van der Waals surface area (Å²) in [5.74, 6) is 0.555. The lowest BCUT2D eigenvalue weighted by Gasteiger charge is -1.92. The fraction of sp³-hybridized carbons (Fsp3) is 0. The van der Waals surface area contributed by atoms with Crippen LogP contribution in [0.4, 0.5) is 5.82 Å². The first-order valence-electron chi connectivity index (χ1n) is 3.06. The van der Waals surface area contributed by atoms with Gasteiger partial charge in [-0.3, -0.25) is 0 Å². The van der Waals surface area contributed by atoms with Crippen LogP contribution in [-0.4, -0.2) is 4.98 Å². The van der Waals surface area contributed by atoms with Crippen LogP contribution in [0.25, 0.3) is 10.1 Å². The Bertz CT molecular complexity index is 396. The van der Waals surface area contributed by atoms with Gasteiger partial charge in [0, 0.05) is 17.0 Å². The van der Waals surface area contributed by atoms with Crippen LogP contribution in [0.1, 0.15) is 0 Å². The zero-order valence-electron chi connectivity index (χ0n) is 5.54. The van der Waals surface area contributed by atoms with E-state index in [1.807, 2.05) is 11.4 Å². The normalized spacial score (nSPS) is 10.6. The van der Waals surface area contributed by atoms with Gasteiger partial charge in [-0.15, -0.1) is 11.3 Å². The van der Waals surface area contributed by atoms with E-state index in [0.717, 1.165) is 15.1 Å². The van der Waals surface area contributed by atoms with Gasteiger partial charge in [0.05, 0.1) is 9.72 Å². The number of hydrogen-bond donors (Lipinski definition) is 1. The van der Waals surface area contributed by atoms with Gasteiger partial charge in [0.25, 0.3) is 0 Å². The highest BCUT2D eigenvalue weighted by molar-refractivity contribution is 7.18. The summed E-state index contributed by atoms with van der Waals surface area (Å²) in [6.07, 6.45) is 1.66. The Balaban J connectivity index is 2.94. The Morgan fingerprint density at radius 3 is 3.09 bits per heavy atom. The molecule has 0 aliphatic rings. The molecule has 2 aromatic rings. The second kappa shape index (κ2) is 2.36. The number of thiophene rings is 1. The smallest absolute Gasteiger partial charge is 0.141 e. The van der Waals surface area contributed by atoms with Gasteiger partial charge in [-0.2, -0.15) is 0 Å². The second-order valence-corrected chi connectivity index (χ2v) is 3.44. The van der Waals surface area contributed by atoms with Crippen LogP contribution in [0.3, 0.4) is 0 Å². The minimum absolute atomic E-state index is 0.555. The predicted octanol–water partition coefficient (Wildman–Crippen LogP) is 2.53. The maximum absolute atomic E-state index is 5.87. The Morgan fingerprint density at radius 2 is 2.36 bits per heavy atom. The van der Waals surface area contributed by atoms with E-state index in [-0.39, 0.29) is 0 Å². The molecule has 0 unspecified atom stereocenters. The summed E-state index contributed by atoms with van der Waals surface area (Å²) in [7, 11) is 0. The number of fused-ring (bicyclic) bond motifs is 1. The quantitative estimate of drug-likeness (QED) is 0.684. The van der Waals surface area contributed by atoms with E-state index < -0.39 is 0 Å². The molecular weight excluding hydrogens is 180 g/mol. The van der Waals surface area contributed by atoms with Crippen molar-refractivity contribution in [3.8, 4) is 0 Å². The van der Waals surface area contributed by atoms with Gasteiger partial charge < -0.3 is 5.73 Å². The lowest BCUT2D eigenvalue weighted by Crippen LogP contribution is -1.87. The number of halogens is 1. The molecule has 0 fully saturated rings. The third kappa shape index (κ3) is 0.968. The first-order valence-corrected chi connectivity index (χ1v) is 4.32. The van der Waals surface area contributed by atoms with E-state index in [0.29, 0.717) is 5.82 Å². The van der Waals surface area contributed by atoms with E-state index >= 15 is 0 Å². The summed E-state index contributed by atoms with van der Waals surface area (Å²) >= 11 is 7.39. The maximum atomic E-state index is 5.87. The van der Waals surface area contributed by atoms with E-state index in [1.54, 1.807) is 6.20 Å². The van der Waals surface area contributed by atoms with Gasteiger partial charge in [-0.05, 0) is 6.07 Å². The van der Waals surface area contributed by atoms with Crippen molar-refractivity contribution in [2.24, 2.45) is 0 Å². The predicted molar refractivity (Wildman–Crippen MR) is 49.0 cm³/mol. The number of aromatic nitrogens is 1. The van der Waals surface area contributed by atoms with Gasteiger partial charge in [-0.25, -0.2) is 4.98 Å². The first kappa shape index (κ1) is 6.88. The highest BCUT2D eigenvalue weighted by Crippen LogP contribution is 2.31. The molecule has 0 atom stereocenters. The molecule has 0 saturated carbocycles. The lowest BCUT2D eigenvalue weighted by molar-refractivity contribution is 1.38. The molecule has 0 radical (unpaired) electrons. The number of nitrogens with zero attached hydrogens (tertiary/aromatic N) is 1. The van der Waals surface area contributed by atoms with Gasteiger partial charge in [0.2, 0.25) is 0 Å². The van der Waals surface area contributed by atoms with E-state index in [1.165, 1.54) is 11.3 Å². The number of nitrogens with two attached hydrogens (primary N) is 1. The molecule has 0 aliphatic carbocycles. The van der Waals surface area contributed by atoms with E-state index in [9.17, 15) is 0 Å².